The van der Waals surface area contributed by atoms with E-state index in [9.17, 15) is 29.1 Å². The topological polar surface area (TPSA) is 149 Å². The lowest BCUT2D eigenvalue weighted by Gasteiger charge is -2.19. The Kier molecular flexibility index (Phi) is 9.69. The summed E-state index contributed by atoms with van der Waals surface area (Å²) in [6, 6.07) is 16.2. The maximum Gasteiger partial charge on any atom is 0.336 e. The van der Waals surface area contributed by atoms with E-state index in [1.807, 2.05) is 74.1 Å². The number of anilines is 1. The number of hydrogen-bond donors (Lipinski definition) is 2. The van der Waals surface area contributed by atoms with Gasteiger partial charge in [-0.2, -0.15) is 0 Å². The zero-order valence-electron chi connectivity index (χ0n) is 26.8. The Morgan fingerprint density at radius 3 is 2.34 bits per heavy atom. The Morgan fingerprint density at radius 2 is 1.66 bits per heavy atom. The minimum absolute atomic E-state index is 0.0201. The maximum atomic E-state index is 13.0. The Bertz CT molecular complexity index is 1920. The number of imide groups is 1. The van der Waals surface area contributed by atoms with E-state index in [1.165, 1.54) is 6.07 Å². The van der Waals surface area contributed by atoms with Crippen LogP contribution in [0.2, 0.25) is 0 Å². The lowest BCUT2D eigenvalue weighted by Crippen LogP contribution is -2.31. The van der Waals surface area contributed by atoms with E-state index in [-0.39, 0.29) is 30.4 Å². The Labute approximate surface area is 271 Å². The summed E-state index contributed by atoms with van der Waals surface area (Å²) in [7, 11) is 7.72. The van der Waals surface area contributed by atoms with Gasteiger partial charge in [0.25, 0.3) is 17.7 Å². The van der Waals surface area contributed by atoms with Gasteiger partial charge in [-0.3, -0.25) is 14.4 Å². The predicted octanol–water partition coefficient (Wildman–Crippen LogP) is 3.90. The van der Waals surface area contributed by atoms with Gasteiger partial charge in [0.1, 0.15) is 25.4 Å². The summed E-state index contributed by atoms with van der Waals surface area (Å²) >= 11 is 0. The molecule has 1 aliphatic carbocycles. The molecule has 0 bridgehead atoms. The number of aromatic carboxylic acids is 1. The second-order valence-electron chi connectivity index (χ2n) is 11.8. The average Bonchev–Trinajstić information content (AvgIpc) is 3.36. The van der Waals surface area contributed by atoms with Gasteiger partial charge in [0, 0.05) is 79.8 Å². The van der Waals surface area contributed by atoms with Crippen molar-refractivity contribution in [2.45, 2.75) is 38.5 Å². The number of carboxylic acid groups (broad SMARTS) is 1. The van der Waals surface area contributed by atoms with Crippen molar-refractivity contribution >= 4 is 46.3 Å². The van der Waals surface area contributed by atoms with Gasteiger partial charge in [0.2, 0.25) is 5.36 Å². The quantitative estimate of drug-likeness (QED) is 0.108. The molecule has 2 aliphatic heterocycles. The number of hydrogen-bond acceptors (Lipinski definition) is 8. The first-order valence-corrected chi connectivity index (χ1v) is 15.4. The molecule has 2 aromatic carbocycles. The highest BCUT2D eigenvalue weighted by molar-refractivity contribution is 6.09. The van der Waals surface area contributed by atoms with Crippen LogP contribution >= 0.6 is 0 Å². The van der Waals surface area contributed by atoms with Crippen molar-refractivity contribution in [3.05, 3.63) is 71.1 Å². The van der Waals surface area contributed by atoms with Gasteiger partial charge >= 0.3 is 11.9 Å². The molecule has 0 atom stereocenters. The van der Waals surface area contributed by atoms with Gasteiger partial charge in [-0.25, -0.2) is 14.2 Å². The number of carbonyl (C=O) groups excluding carboxylic acids is 4. The first-order chi connectivity index (χ1) is 22.4. The number of unbranched alkanes of at least 4 members (excludes halogenated alkanes) is 2. The van der Waals surface area contributed by atoms with Crippen LogP contribution in [0.4, 0.5) is 5.69 Å². The van der Waals surface area contributed by atoms with Gasteiger partial charge in [0.05, 0.1) is 11.6 Å². The normalized spacial score (nSPS) is 12.9. The third kappa shape index (κ3) is 7.16. The van der Waals surface area contributed by atoms with E-state index < -0.39 is 29.7 Å². The van der Waals surface area contributed by atoms with E-state index in [4.69, 9.17) is 9.25 Å². The Morgan fingerprint density at radius 1 is 0.936 bits per heavy atom. The number of hydroxylamine groups is 2. The molecule has 0 saturated carbocycles. The minimum atomic E-state index is -1.17. The zero-order chi connectivity index (χ0) is 33.8. The number of carbonyl (C=O) groups is 5. The van der Waals surface area contributed by atoms with E-state index in [1.54, 1.807) is 12.1 Å². The van der Waals surface area contributed by atoms with Crippen molar-refractivity contribution < 1.29 is 38.3 Å². The van der Waals surface area contributed by atoms with Crippen molar-refractivity contribution in [3.8, 4) is 22.5 Å². The lowest BCUT2D eigenvalue weighted by atomic mass is 9.89. The molecule has 2 N–H and O–H groups in total. The van der Waals surface area contributed by atoms with Crippen LogP contribution in [0.3, 0.4) is 0 Å². The summed E-state index contributed by atoms with van der Waals surface area (Å²) in [6.07, 6.45) is 1.68. The van der Waals surface area contributed by atoms with E-state index in [2.05, 4.69) is 5.32 Å². The molecule has 2 heterocycles. The third-order valence-electron chi connectivity index (χ3n) is 8.05. The molecule has 3 amide bonds. The van der Waals surface area contributed by atoms with Gasteiger partial charge in [-0.1, -0.05) is 12.5 Å². The van der Waals surface area contributed by atoms with E-state index in [0.29, 0.717) is 53.3 Å². The summed E-state index contributed by atoms with van der Waals surface area (Å²) in [4.78, 5) is 67.6. The number of fused-ring (bicyclic) bond motifs is 2. The molecular weight excluding hydrogens is 604 g/mol. The van der Waals surface area contributed by atoms with Gasteiger partial charge < -0.3 is 24.6 Å². The van der Waals surface area contributed by atoms with Crippen LogP contribution < -0.4 is 20.1 Å². The van der Waals surface area contributed by atoms with Crippen LogP contribution in [0.15, 0.2) is 59.0 Å². The molecule has 0 aromatic heterocycles. The molecule has 0 radical (unpaired) electrons. The SMILES string of the molecule is CN(C)c1ccc2c(-c3ccc(C(=O)NCCCCCC(=O)ON4C(=O)CCC4=O)cc3C(=O)O)c3ccc(=[N+](C)C)cc-3oc2c1. The fraction of sp³-hybridized carbons (Fsp3) is 0.314. The maximum absolute atomic E-state index is 13.0. The van der Waals surface area contributed by atoms with Crippen molar-refractivity contribution in [3.63, 3.8) is 0 Å². The fourth-order valence-corrected chi connectivity index (χ4v) is 5.47. The molecule has 1 fully saturated rings. The first kappa shape index (κ1) is 32.9. The van der Waals surface area contributed by atoms with Gasteiger partial charge in [0.15, 0.2) is 0 Å². The number of rotatable bonds is 11. The molecule has 47 heavy (non-hydrogen) atoms. The van der Waals surface area contributed by atoms with E-state index in [0.717, 1.165) is 22.0 Å². The highest BCUT2D eigenvalue weighted by Crippen LogP contribution is 2.42. The summed E-state index contributed by atoms with van der Waals surface area (Å²) < 4.78 is 8.32. The number of nitrogens with zero attached hydrogens (tertiary/aromatic N) is 3. The molecule has 0 unspecified atom stereocenters. The standard InChI is InChI=1S/C35H36N4O8/c1-37(2)22-10-13-25-28(19-22)46-29-20-23(38(3)4)11-14-26(29)33(25)24-12-9-21(18-27(24)35(44)45)34(43)36-17-7-5-6-8-32(42)47-39-30(40)15-16-31(39)41/h9-14,18-20H,5-8,15-17H2,1-4H3,(H-,36,43,44,45)/p+1. The summed E-state index contributed by atoms with van der Waals surface area (Å²) in [6.45, 7) is 0.305. The van der Waals surface area contributed by atoms with Crippen LogP contribution in [0.25, 0.3) is 33.4 Å². The molecular formula is C35H37N4O8+. The predicted molar refractivity (Wildman–Crippen MR) is 175 cm³/mol. The second-order valence-corrected chi connectivity index (χ2v) is 11.8. The number of benzene rings is 3. The highest BCUT2D eigenvalue weighted by atomic mass is 16.7. The molecule has 3 aliphatic rings. The average molecular weight is 642 g/mol. The number of carboxylic acids is 1. The monoisotopic (exact) mass is 641 g/mol. The first-order valence-electron chi connectivity index (χ1n) is 15.4. The van der Waals surface area contributed by atoms with Crippen LogP contribution in [0.5, 0.6) is 0 Å². The molecule has 1 saturated heterocycles. The molecule has 244 valence electrons. The van der Waals surface area contributed by atoms with Crippen LogP contribution in [-0.4, -0.2) is 74.6 Å². The number of amides is 3. The highest BCUT2D eigenvalue weighted by Gasteiger charge is 2.32. The van der Waals surface area contributed by atoms with Crippen LogP contribution in [-0.2, 0) is 19.2 Å². The third-order valence-corrected chi connectivity index (χ3v) is 8.05. The van der Waals surface area contributed by atoms with Crippen molar-refractivity contribution in [2.75, 3.05) is 39.6 Å². The fourth-order valence-electron chi connectivity index (χ4n) is 5.47. The van der Waals surface area contributed by atoms with E-state index >= 15 is 0 Å². The zero-order valence-corrected chi connectivity index (χ0v) is 26.8. The molecule has 2 aromatic rings. The summed E-state index contributed by atoms with van der Waals surface area (Å²) in [5.74, 6) is -2.71. The summed E-state index contributed by atoms with van der Waals surface area (Å²) in [5.41, 5.74) is 3.59. The second kappa shape index (κ2) is 13.9. The molecule has 5 rings (SSSR count). The van der Waals surface area contributed by atoms with Crippen LogP contribution in [0, 0.1) is 0 Å². The van der Waals surface area contributed by atoms with Crippen molar-refractivity contribution in [2.24, 2.45) is 0 Å². The molecule has 12 heteroatoms. The minimum Gasteiger partial charge on any atom is -0.478 e. The Balaban J connectivity index is 1.33. The van der Waals surface area contributed by atoms with Crippen molar-refractivity contribution in [1.29, 1.82) is 0 Å². The van der Waals surface area contributed by atoms with Gasteiger partial charge in [-0.15, -0.1) is 5.06 Å². The lowest BCUT2D eigenvalue weighted by molar-refractivity contribution is -0.197. The smallest absolute Gasteiger partial charge is 0.336 e. The Hall–Kier alpha value is -5.52. The van der Waals surface area contributed by atoms with Crippen LogP contribution in [0.1, 0.15) is 59.2 Å². The largest absolute Gasteiger partial charge is 0.478 e. The molecule has 0 spiro atoms. The van der Waals surface area contributed by atoms with Gasteiger partial charge in [-0.05, 0) is 48.7 Å². The number of nitrogens with one attached hydrogen (secondary N) is 1. The summed E-state index contributed by atoms with van der Waals surface area (Å²) in [5, 5.41) is 15.3. The van der Waals surface area contributed by atoms with Crippen molar-refractivity contribution in [1.82, 2.24) is 15.0 Å². The molecule has 12 nitrogen and oxygen atoms in total.